The monoisotopic (exact) mass is 565 g/mol. The van der Waals surface area contributed by atoms with Crippen molar-refractivity contribution in [2.45, 2.75) is 173 Å². The van der Waals surface area contributed by atoms with Gasteiger partial charge < -0.3 is 20.3 Å². The van der Waals surface area contributed by atoms with Gasteiger partial charge in [0.2, 0.25) is 0 Å². The average Bonchev–Trinajstić information content (AvgIpc) is 3.66. The molecule has 0 spiro atoms. The Bertz CT molecular complexity index is 698. The SMILES string of the molecule is CCCCCCCCCCCC[C@@H](O)[C@H]1CC[C@H]([C@@H](O)CCCCCCCCCCNC(=O)c2ccsc2)O1. The number of unbranched alkanes of at least 4 members (excludes halogenated alkanes) is 16. The Labute approximate surface area is 243 Å². The van der Waals surface area contributed by atoms with E-state index in [0.717, 1.165) is 69.9 Å². The Hall–Kier alpha value is -0.950. The van der Waals surface area contributed by atoms with E-state index in [4.69, 9.17) is 4.74 Å². The summed E-state index contributed by atoms with van der Waals surface area (Å²) >= 11 is 1.55. The molecule has 0 saturated carbocycles. The lowest BCUT2D eigenvalue weighted by Gasteiger charge is -2.22. The molecule has 0 unspecified atom stereocenters. The third kappa shape index (κ3) is 16.2. The van der Waals surface area contributed by atoms with Crippen molar-refractivity contribution in [3.63, 3.8) is 0 Å². The van der Waals surface area contributed by atoms with E-state index in [1.807, 2.05) is 16.8 Å². The fourth-order valence-electron chi connectivity index (χ4n) is 5.70. The molecule has 2 rings (SSSR count). The van der Waals surface area contributed by atoms with E-state index in [1.165, 1.54) is 83.5 Å². The van der Waals surface area contributed by atoms with Crippen LogP contribution in [-0.2, 0) is 4.74 Å². The van der Waals surface area contributed by atoms with Crippen LogP contribution in [0.2, 0.25) is 0 Å². The summed E-state index contributed by atoms with van der Waals surface area (Å²) < 4.78 is 6.08. The number of hydrogen-bond donors (Lipinski definition) is 3. The van der Waals surface area contributed by atoms with Crippen LogP contribution in [-0.4, -0.2) is 47.1 Å². The van der Waals surface area contributed by atoms with Gasteiger partial charge in [0.05, 0.1) is 24.4 Å². The predicted octanol–water partition coefficient (Wildman–Crippen LogP) is 8.57. The molecule has 226 valence electrons. The molecule has 1 aliphatic heterocycles. The standard InChI is InChI=1S/C33H59NO4S/c1-2-3-4-5-6-7-8-11-14-17-20-29(35)31-22-23-32(38-31)30(36)21-18-15-12-9-10-13-16-19-25-34-33(37)28-24-26-39-27-28/h24,26-27,29-32,35-36H,2-23,25H2,1H3,(H,34,37)/t29-,30+,31-,32-/m1/s1. The van der Waals surface area contributed by atoms with Crippen LogP contribution < -0.4 is 5.32 Å². The maximum Gasteiger partial charge on any atom is 0.252 e. The molecule has 1 aliphatic rings. The Kier molecular flexibility index (Phi) is 19.9. The van der Waals surface area contributed by atoms with Gasteiger partial charge in [0.1, 0.15) is 0 Å². The van der Waals surface area contributed by atoms with Crippen molar-refractivity contribution in [2.24, 2.45) is 0 Å². The number of thiophene rings is 1. The summed E-state index contributed by atoms with van der Waals surface area (Å²) in [6.45, 7) is 3.02. The fraction of sp³-hybridized carbons (Fsp3) is 0.848. The zero-order valence-corrected chi connectivity index (χ0v) is 25.7. The van der Waals surface area contributed by atoms with Crippen molar-refractivity contribution >= 4 is 17.2 Å². The van der Waals surface area contributed by atoms with Crippen molar-refractivity contribution in [1.82, 2.24) is 5.32 Å². The highest BCUT2D eigenvalue weighted by atomic mass is 32.1. The van der Waals surface area contributed by atoms with Crippen LogP contribution in [0.15, 0.2) is 16.8 Å². The topological polar surface area (TPSA) is 78.8 Å². The first-order valence-corrected chi connectivity index (χ1v) is 17.4. The summed E-state index contributed by atoms with van der Waals surface area (Å²) in [5, 5.41) is 28.0. The van der Waals surface area contributed by atoms with Gasteiger partial charge in [0, 0.05) is 17.5 Å². The van der Waals surface area contributed by atoms with Crippen LogP contribution in [0, 0.1) is 0 Å². The van der Waals surface area contributed by atoms with E-state index in [9.17, 15) is 15.0 Å². The number of carbonyl (C=O) groups is 1. The summed E-state index contributed by atoms with van der Waals surface area (Å²) in [6, 6.07) is 1.86. The van der Waals surface area contributed by atoms with Gasteiger partial charge in [-0.1, -0.05) is 116 Å². The first kappa shape index (κ1) is 34.3. The second kappa shape index (κ2) is 22.7. The third-order valence-corrected chi connectivity index (χ3v) is 8.98. The third-order valence-electron chi connectivity index (χ3n) is 8.29. The van der Waals surface area contributed by atoms with Crippen molar-refractivity contribution in [3.8, 4) is 0 Å². The summed E-state index contributed by atoms with van der Waals surface area (Å²) in [7, 11) is 0. The van der Waals surface area contributed by atoms with Gasteiger partial charge in [0.25, 0.3) is 5.91 Å². The number of amides is 1. The van der Waals surface area contributed by atoms with Crippen LogP contribution in [0.1, 0.15) is 159 Å². The fourth-order valence-corrected chi connectivity index (χ4v) is 6.34. The number of aliphatic hydroxyl groups is 2. The van der Waals surface area contributed by atoms with Gasteiger partial charge in [-0.3, -0.25) is 4.79 Å². The van der Waals surface area contributed by atoms with Gasteiger partial charge >= 0.3 is 0 Å². The molecule has 6 heteroatoms. The Morgan fingerprint density at radius 1 is 0.795 bits per heavy atom. The molecule has 0 aliphatic carbocycles. The summed E-state index contributed by atoms with van der Waals surface area (Å²) in [4.78, 5) is 11.9. The number of carbonyl (C=O) groups excluding carboxylic acids is 1. The molecule has 0 aromatic carbocycles. The first-order chi connectivity index (χ1) is 19.1. The largest absolute Gasteiger partial charge is 0.390 e. The van der Waals surface area contributed by atoms with Gasteiger partial charge in [-0.2, -0.15) is 11.3 Å². The van der Waals surface area contributed by atoms with Crippen LogP contribution in [0.25, 0.3) is 0 Å². The molecule has 2 heterocycles. The van der Waals surface area contributed by atoms with E-state index < -0.39 is 6.10 Å². The molecule has 5 nitrogen and oxygen atoms in total. The average molecular weight is 566 g/mol. The molecule has 4 atom stereocenters. The van der Waals surface area contributed by atoms with Crippen LogP contribution in [0.4, 0.5) is 0 Å². The normalized spacial score (nSPS) is 18.8. The number of ether oxygens (including phenoxy) is 1. The zero-order chi connectivity index (χ0) is 28.0. The molecule has 0 bridgehead atoms. The van der Waals surface area contributed by atoms with E-state index >= 15 is 0 Å². The lowest BCUT2D eigenvalue weighted by atomic mass is 10.00. The molecule has 1 aromatic rings. The van der Waals surface area contributed by atoms with E-state index in [-0.39, 0.29) is 24.2 Å². The van der Waals surface area contributed by atoms with Crippen LogP contribution in [0.5, 0.6) is 0 Å². The lowest BCUT2D eigenvalue weighted by molar-refractivity contribution is -0.0786. The highest BCUT2D eigenvalue weighted by Gasteiger charge is 2.33. The summed E-state index contributed by atoms with van der Waals surface area (Å²) in [5.74, 6) is 0.0393. The molecule has 1 amide bonds. The molecule has 39 heavy (non-hydrogen) atoms. The maximum absolute atomic E-state index is 11.9. The molecule has 1 saturated heterocycles. The zero-order valence-electron chi connectivity index (χ0n) is 24.9. The summed E-state index contributed by atoms with van der Waals surface area (Å²) in [5.41, 5.74) is 0.765. The van der Waals surface area contributed by atoms with E-state index in [1.54, 1.807) is 11.3 Å². The smallest absolute Gasteiger partial charge is 0.252 e. The highest BCUT2D eigenvalue weighted by Crippen LogP contribution is 2.28. The number of hydrogen-bond acceptors (Lipinski definition) is 5. The van der Waals surface area contributed by atoms with Crippen molar-refractivity contribution < 1.29 is 19.7 Å². The van der Waals surface area contributed by atoms with Gasteiger partial charge in [-0.25, -0.2) is 0 Å². The van der Waals surface area contributed by atoms with Crippen molar-refractivity contribution in [3.05, 3.63) is 22.4 Å². The molecule has 0 radical (unpaired) electrons. The van der Waals surface area contributed by atoms with Crippen molar-refractivity contribution in [2.75, 3.05) is 6.54 Å². The number of nitrogens with one attached hydrogen (secondary N) is 1. The Balaban J connectivity index is 1.36. The Morgan fingerprint density at radius 2 is 1.26 bits per heavy atom. The molecule has 3 N–H and O–H groups in total. The van der Waals surface area contributed by atoms with Gasteiger partial charge in [0.15, 0.2) is 0 Å². The first-order valence-electron chi connectivity index (χ1n) is 16.4. The second-order valence-electron chi connectivity index (χ2n) is 11.8. The van der Waals surface area contributed by atoms with Crippen molar-refractivity contribution in [1.29, 1.82) is 0 Å². The minimum atomic E-state index is -0.399. The quantitative estimate of drug-likeness (QED) is 0.104. The molecular formula is C33H59NO4S. The molecule has 1 aromatic heterocycles. The second-order valence-corrected chi connectivity index (χ2v) is 12.6. The molecular weight excluding hydrogens is 506 g/mol. The van der Waals surface area contributed by atoms with Gasteiger partial charge in [-0.05, 0) is 43.6 Å². The number of aliphatic hydroxyl groups excluding tert-OH is 2. The molecule has 1 fully saturated rings. The minimum absolute atomic E-state index is 0.0393. The van der Waals surface area contributed by atoms with Crippen LogP contribution >= 0.6 is 11.3 Å². The maximum atomic E-state index is 11.9. The number of rotatable bonds is 25. The predicted molar refractivity (Wildman–Crippen MR) is 165 cm³/mol. The van der Waals surface area contributed by atoms with Gasteiger partial charge in [-0.15, -0.1) is 0 Å². The highest BCUT2D eigenvalue weighted by molar-refractivity contribution is 7.08. The lowest BCUT2D eigenvalue weighted by Crippen LogP contribution is -2.31. The minimum Gasteiger partial charge on any atom is -0.390 e. The Morgan fingerprint density at radius 3 is 1.72 bits per heavy atom. The van der Waals surface area contributed by atoms with Crippen LogP contribution in [0.3, 0.4) is 0 Å². The summed E-state index contributed by atoms with van der Waals surface area (Å²) in [6.07, 6.45) is 24.8. The van der Waals surface area contributed by atoms with E-state index in [0.29, 0.717) is 0 Å². The van der Waals surface area contributed by atoms with E-state index in [2.05, 4.69) is 12.2 Å².